The Balaban J connectivity index is 1.80. The van der Waals surface area contributed by atoms with Crippen LogP contribution in [-0.2, 0) is 0 Å². The van der Waals surface area contributed by atoms with Crippen LogP contribution in [0.4, 0.5) is 10.1 Å². The van der Waals surface area contributed by atoms with E-state index in [1.807, 2.05) is 30.0 Å². The number of nitrogens with zero attached hydrogens (tertiary/aromatic N) is 1. The molecule has 2 atom stereocenters. The molecule has 2 aromatic rings. The molecule has 3 nitrogen and oxygen atoms in total. The van der Waals surface area contributed by atoms with E-state index >= 15 is 0 Å². The van der Waals surface area contributed by atoms with E-state index < -0.39 is 5.72 Å². The summed E-state index contributed by atoms with van der Waals surface area (Å²) in [5.41, 5.74) is 1.36. The van der Waals surface area contributed by atoms with Crippen molar-refractivity contribution in [1.82, 2.24) is 5.32 Å². The minimum atomic E-state index is -0.584. The smallest absolute Gasteiger partial charge is 0.188 e. The van der Waals surface area contributed by atoms with E-state index in [0.717, 1.165) is 23.4 Å². The van der Waals surface area contributed by atoms with Crippen molar-refractivity contribution in [3.05, 3.63) is 59.9 Å². The van der Waals surface area contributed by atoms with Gasteiger partial charge in [0, 0.05) is 17.7 Å². The van der Waals surface area contributed by atoms with Crippen molar-refractivity contribution in [1.29, 1.82) is 0 Å². The molecule has 5 heteroatoms. The van der Waals surface area contributed by atoms with Crippen LogP contribution in [-0.4, -0.2) is 10.8 Å². The van der Waals surface area contributed by atoms with E-state index in [9.17, 15) is 4.39 Å². The normalized spacial score (nSPS) is 26.0. The van der Waals surface area contributed by atoms with E-state index in [0.29, 0.717) is 5.11 Å². The molecule has 0 spiro atoms. The van der Waals surface area contributed by atoms with Gasteiger partial charge in [-0.3, -0.25) is 4.90 Å². The van der Waals surface area contributed by atoms with Crippen molar-refractivity contribution in [3.63, 3.8) is 0 Å². The number of anilines is 1. The van der Waals surface area contributed by atoms with Gasteiger partial charge in [-0.05, 0) is 49.5 Å². The molecule has 2 aliphatic heterocycles. The van der Waals surface area contributed by atoms with E-state index in [1.54, 1.807) is 12.1 Å². The van der Waals surface area contributed by atoms with Gasteiger partial charge in [-0.15, -0.1) is 0 Å². The summed E-state index contributed by atoms with van der Waals surface area (Å²) >= 11 is 5.54. The van der Waals surface area contributed by atoms with Crippen LogP contribution in [0.25, 0.3) is 0 Å². The fourth-order valence-electron chi connectivity index (χ4n) is 3.30. The molecule has 2 heterocycles. The SMILES string of the molecule is C[C@@]12C[C@H](NC(=S)N1c1ccc(F)cc1)c1ccccc1O2. The zero-order valence-corrected chi connectivity index (χ0v) is 12.9. The maximum Gasteiger partial charge on any atom is 0.188 e. The second-order valence-corrected chi connectivity index (χ2v) is 6.22. The molecule has 1 fully saturated rings. The first kappa shape index (κ1) is 13.5. The van der Waals surface area contributed by atoms with Gasteiger partial charge in [-0.1, -0.05) is 18.2 Å². The third-order valence-corrected chi connectivity index (χ3v) is 4.57. The summed E-state index contributed by atoms with van der Waals surface area (Å²) in [4.78, 5) is 1.92. The molecule has 2 aromatic carbocycles. The van der Waals surface area contributed by atoms with Crippen molar-refractivity contribution in [2.75, 3.05) is 4.90 Å². The molecule has 0 saturated carbocycles. The highest BCUT2D eigenvalue weighted by Crippen LogP contribution is 2.45. The van der Waals surface area contributed by atoms with Crippen LogP contribution >= 0.6 is 12.2 Å². The van der Waals surface area contributed by atoms with Gasteiger partial charge in [-0.2, -0.15) is 0 Å². The van der Waals surface area contributed by atoms with Gasteiger partial charge >= 0.3 is 0 Å². The second-order valence-electron chi connectivity index (χ2n) is 5.83. The standard InChI is InChI=1S/C17H15FN2OS/c1-17-10-14(13-4-2-3-5-15(13)21-17)19-16(22)20(17)12-8-6-11(18)7-9-12/h2-9,14H,10H2,1H3,(H,19,22)/t14-,17+/m0/s1. The lowest BCUT2D eigenvalue weighted by atomic mass is 9.90. The van der Waals surface area contributed by atoms with Gasteiger partial charge in [0.05, 0.1) is 6.04 Å². The third-order valence-electron chi connectivity index (χ3n) is 4.27. The maximum absolute atomic E-state index is 13.2. The lowest BCUT2D eigenvalue weighted by molar-refractivity contribution is 0.0497. The Morgan fingerprint density at radius 2 is 1.95 bits per heavy atom. The Morgan fingerprint density at radius 1 is 1.23 bits per heavy atom. The summed E-state index contributed by atoms with van der Waals surface area (Å²) in [7, 11) is 0. The Labute approximate surface area is 133 Å². The number of thiocarbonyl (C=S) groups is 1. The zero-order valence-electron chi connectivity index (χ0n) is 12.0. The summed E-state index contributed by atoms with van der Waals surface area (Å²) < 4.78 is 19.5. The molecule has 2 bridgehead atoms. The molecular weight excluding hydrogens is 299 g/mol. The highest BCUT2D eigenvalue weighted by molar-refractivity contribution is 7.80. The first-order valence-electron chi connectivity index (χ1n) is 7.21. The van der Waals surface area contributed by atoms with Gasteiger partial charge < -0.3 is 10.1 Å². The number of para-hydroxylation sites is 1. The second kappa shape index (κ2) is 4.68. The maximum atomic E-state index is 13.2. The average Bonchev–Trinajstić information content (AvgIpc) is 2.48. The molecule has 4 rings (SSSR count). The molecule has 0 unspecified atom stereocenters. The average molecular weight is 314 g/mol. The summed E-state index contributed by atoms with van der Waals surface area (Å²) in [6.07, 6.45) is 0.765. The van der Waals surface area contributed by atoms with Crippen molar-refractivity contribution >= 4 is 23.0 Å². The molecular formula is C17H15FN2OS. The molecule has 0 amide bonds. The van der Waals surface area contributed by atoms with Gasteiger partial charge in [0.15, 0.2) is 10.8 Å². The van der Waals surface area contributed by atoms with Crippen molar-refractivity contribution in [2.45, 2.75) is 25.1 Å². The number of fused-ring (bicyclic) bond motifs is 4. The number of ether oxygens (including phenoxy) is 1. The van der Waals surface area contributed by atoms with E-state index in [-0.39, 0.29) is 11.9 Å². The molecule has 0 radical (unpaired) electrons. The van der Waals surface area contributed by atoms with Gasteiger partial charge in [0.1, 0.15) is 11.6 Å². The summed E-state index contributed by atoms with van der Waals surface area (Å²) in [6.45, 7) is 2.02. The van der Waals surface area contributed by atoms with Crippen LogP contribution < -0.4 is 15.0 Å². The predicted octanol–water partition coefficient (Wildman–Crippen LogP) is 3.76. The van der Waals surface area contributed by atoms with E-state index in [1.165, 1.54) is 12.1 Å². The fourth-order valence-corrected chi connectivity index (χ4v) is 3.74. The number of benzene rings is 2. The molecule has 22 heavy (non-hydrogen) atoms. The van der Waals surface area contributed by atoms with Gasteiger partial charge in [0.2, 0.25) is 0 Å². The Kier molecular flexibility index (Phi) is 2.87. The van der Waals surface area contributed by atoms with Crippen molar-refractivity contribution < 1.29 is 9.13 Å². The van der Waals surface area contributed by atoms with Crippen LogP contribution in [0, 0.1) is 5.82 Å². The summed E-state index contributed by atoms with van der Waals surface area (Å²) in [5.74, 6) is 0.598. The minimum Gasteiger partial charge on any atom is -0.467 e. The lowest BCUT2D eigenvalue weighted by Crippen LogP contribution is -2.65. The summed E-state index contributed by atoms with van der Waals surface area (Å²) in [5, 5.41) is 3.97. The quantitative estimate of drug-likeness (QED) is 0.810. The highest BCUT2D eigenvalue weighted by atomic mass is 32.1. The Hall–Kier alpha value is -2.14. The molecule has 0 aliphatic carbocycles. The molecule has 0 aromatic heterocycles. The van der Waals surface area contributed by atoms with E-state index in [4.69, 9.17) is 17.0 Å². The minimum absolute atomic E-state index is 0.138. The topological polar surface area (TPSA) is 24.5 Å². The van der Waals surface area contributed by atoms with E-state index in [2.05, 4.69) is 11.4 Å². The first-order valence-corrected chi connectivity index (χ1v) is 7.62. The number of hydrogen-bond acceptors (Lipinski definition) is 2. The predicted molar refractivity (Wildman–Crippen MR) is 87.4 cm³/mol. The van der Waals surface area contributed by atoms with Crippen LogP contribution in [0.15, 0.2) is 48.5 Å². The largest absolute Gasteiger partial charge is 0.467 e. The van der Waals surface area contributed by atoms with Crippen LogP contribution in [0.5, 0.6) is 5.75 Å². The molecule has 112 valence electrons. The Bertz CT molecular complexity index is 749. The van der Waals surface area contributed by atoms with Crippen LogP contribution in [0.2, 0.25) is 0 Å². The van der Waals surface area contributed by atoms with Crippen LogP contribution in [0.3, 0.4) is 0 Å². The molecule has 2 aliphatic rings. The summed E-state index contributed by atoms with van der Waals surface area (Å²) in [6, 6.07) is 14.4. The van der Waals surface area contributed by atoms with Crippen molar-refractivity contribution in [2.24, 2.45) is 0 Å². The van der Waals surface area contributed by atoms with Crippen LogP contribution in [0.1, 0.15) is 24.9 Å². The monoisotopic (exact) mass is 314 g/mol. The molecule has 1 N–H and O–H groups in total. The highest BCUT2D eigenvalue weighted by Gasteiger charge is 2.48. The number of halogens is 1. The zero-order chi connectivity index (χ0) is 15.3. The molecule has 1 saturated heterocycles. The van der Waals surface area contributed by atoms with Gasteiger partial charge in [0.25, 0.3) is 0 Å². The number of hydrogen-bond donors (Lipinski definition) is 1. The van der Waals surface area contributed by atoms with Crippen molar-refractivity contribution in [3.8, 4) is 5.75 Å². The fraction of sp³-hybridized carbons (Fsp3) is 0.235. The van der Waals surface area contributed by atoms with Gasteiger partial charge in [-0.25, -0.2) is 4.39 Å². The first-order chi connectivity index (χ1) is 10.6. The lowest BCUT2D eigenvalue weighted by Gasteiger charge is -2.52. The number of rotatable bonds is 1. The Morgan fingerprint density at radius 3 is 2.73 bits per heavy atom. The number of nitrogens with one attached hydrogen (secondary N) is 1. The third kappa shape index (κ3) is 1.96.